The lowest BCUT2D eigenvalue weighted by molar-refractivity contribution is -0.364. The predicted octanol–water partition coefficient (Wildman–Crippen LogP) is 3.71. The average Bonchev–Trinajstić information content (AvgIpc) is 3.21. The lowest BCUT2D eigenvalue weighted by atomic mass is 9.92. The topological polar surface area (TPSA) is 96.4 Å². The summed E-state index contributed by atoms with van der Waals surface area (Å²) in [5.41, 5.74) is 3.13. The highest BCUT2D eigenvalue weighted by atomic mass is 16.8. The molecule has 0 aliphatic carbocycles. The minimum atomic E-state index is -1.80. The molecule has 3 aromatic rings. The Kier molecular flexibility index (Phi) is 6.40. The second-order valence-electron chi connectivity index (χ2n) is 8.75. The number of carbonyl (C=O) groups excluding carboxylic acids is 3. The molecule has 8 nitrogen and oxygen atoms in total. The van der Waals surface area contributed by atoms with Crippen LogP contribution < -0.4 is 4.90 Å². The van der Waals surface area contributed by atoms with E-state index >= 15 is 0 Å². The molecule has 5 rings (SSSR count). The summed E-state index contributed by atoms with van der Waals surface area (Å²) >= 11 is 0. The molecule has 0 aromatic heterocycles. The third-order valence-corrected chi connectivity index (χ3v) is 6.42. The van der Waals surface area contributed by atoms with Crippen molar-refractivity contribution in [2.24, 2.45) is 5.92 Å². The fraction of sp³-hybridized carbons (Fsp3) is 0.250. The lowest BCUT2D eigenvalue weighted by Crippen LogP contribution is -2.60. The van der Waals surface area contributed by atoms with Gasteiger partial charge in [0.1, 0.15) is 5.92 Å². The number of carbonyl (C=O) groups is 3. The zero-order chi connectivity index (χ0) is 25.3. The average molecular weight is 487 g/mol. The number of hydrogen-bond donors (Lipinski definition) is 1. The molecule has 2 atom stereocenters. The molecule has 2 aliphatic heterocycles. The SMILES string of the molecule is CCOC1(O)OCc2cc(CC3C(=O)N(Cc4ccccc4)C(=O)N(c4ccccc4)C3=O)ccc21. The fourth-order valence-corrected chi connectivity index (χ4v) is 4.67. The predicted molar refractivity (Wildman–Crippen MR) is 130 cm³/mol. The van der Waals surface area contributed by atoms with Gasteiger partial charge in [-0.25, -0.2) is 9.69 Å². The highest BCUT2D eigenvalue weighted by Crippen LogP contribution is 2.36. The quantitative estimate of drug-likeness (QED) is 0.404. The van der Waals surface area contributed by atoms with Gasteiger partial charge in [0.25, 0.3) is 0 Å². The van der Waals surface area contributed by atoms with Crippen LogP contribution in [0.15, 0.2) is 78.9 Å². The van der Waals surface area contributed by atoms with E-state index in [9.17, 15) is 19.5 Å². The van der Waals surface area contributed by atoms with Crippen molar-refractivity contribution >= 4 is 23.5 Å². The van der Waals surface area contributed by atoms with Crippen LogP contribution in [0.3, 0.4) is 0 Å². The summed E-state index contributed by atoms with van der Waals surface area (Å²) in [6, 6.07) is 22.4. The smallest absolute Gasteiger partial charge is 0.338 e. The van der Waals surface area contributed by atoms with E-state index in [1.54, 1.807) is 55.5 Å². The van der Waals surface area contributed by atoms with Gasteiger partial charge in [0.15, 0.2) is 0 Å². The normalized spacial score (nSPS) is 21.7. The van der Waals surface area contributed by atoms with Gasteiger partial charge in [-0.05, 0) is 42.2 Å². The van der Waals surface area contributed by atoms with Crippen LogP contribution in [-0.2, 0) is 44.6 Å². The summed E-state index contributed by atoms with van der Waals surface area (Å²) < 4.78 is 10.8. The molecule has 2 aliphatic rings. The summed E-state index contributed by atoms with van der Waals surface area (Å²) in [5.74, 6) is -3.99. The second kappa shape index (κ2) is 9.66. The maximum Gasteiger partial charge on any atom is 0.338 e. The summed E-state index contributed by atoms with van der Waals surface area (Å²) in [6.45, 7) is 2.23. The number of hydrogen-bond acceptors (Lipinski definition) is 6. The summed E-state index contributed by atoms with van der Waals surface area (Å²) in [7, 11) is 0. The van der Waals surface area contributed by atoms with Crippen LogP contribution in [0.2, 0.25) is 0 Å². The second-order valence-corrected chi connectivity index (χ2v) is 8.75. The van der Waals surface area contributed by atoms with E-state index in [1.807, 2.05) is 30.3 Å². The maximum atomic E-state index is 13.5. The van der Waals surface area contributed by atoms with Crippen LogP contribution in [0.25, 0.3) is 0 Å². The van der Waals surface area contributed by atoms with Crippen molar-refractivity contribution in [1.82, 2.24) is 4.90 Å². The van der Waals surface area contributed by atoms with E-state index in [2.05, 4.69) is 0 Å². The number of imide groups is 2. The number of aliphatic hydroxyl groups is 1. The van der Waals surface area contributed by atoms with Gasteiger partial charge in [-0.3, -0.25) is 14.5 Å². The third kappa shape index (κ3) is 4.30. The van der Waals surface area contributed by atoms with Gasteiger partial charge in [-0.2, -0.15) is 0 Å². The minimum Gasteiger partial charge on any atom is -0.339 e. The Bertz CT molecular complexity index is 1300. The van der Waals surface area contributed by atoms with E-state index in [4.69, 9.17) is 9.47 Å². The lowest BCUT2D eigenvalue weighted by Gasteiger charge is -2.37. The Morgan fingerprint density at radius 3 is 2.33 bits per heavy atom. The van der Waals surface area contributed by atoms with Gasteiger partial charge >= 0.3 is 12.0 Å². The third-order valence-electron chi connectivity index (χ3n) is 6.42. The molecule has 1 N–H and O–H groups in total. The first-order valence-electron chi connectivity index (χ1n) is 11.8. The number of para-hydroxylation sites is 1. The zero-order valence-corrected chi connectivity index (χ0v) is 19.8. The van der Waals surface area contributed by atoms with E-state index in [0.29, 0.717) is 16.8 Å². The Morgan fingerprint density at radius 1 is 0.944 bits per heavy atom. The molecule has 4 amide bonds. The van der Waals surface area contributed by atoms with E-state index in [1.165, 1.54) is 0 Å². The van der Waals surface area contributed by atoms with Gasteiger partial charge in [0.05, 0.1) is 18.8 Å². The van der Waals surface area contributed by atoms with Crippen molar-refractivity contribution in [3.8, 4) is 0 Å². The number of nitrogens with zero attached hydrogens (tertiary/aromatic N) is 2. The highest BCUT2D eigenvalue weighted by Gasteiger charge is 2.47. The molecule has 8 heteroatoms. The van der Waals surface area contributed by atoms with Crippen molar-refractivity contribution in [2.75, 3.05) is 11.5 Å². The van der Waals surface area contributed by atoms with E-state index < -0.39 is 29.7 Å². The number of fused-ring (bicyclic) bond motifs is 1. The van der Waals surface area contributed by atoms with Crippen molar-refractivity contribution < 1.29 is 29.0 Å². The molecular formula is C28H26N2O6. The molecule has 1 saturated heterocycles. The van der Waals surface area contributed by atoms with Gasteiger partial charge in [0.2, 0.25) is 11.8 Å². The number of anilines is 1. The van der Waals surface area contributed by atoms with Crippen LogP contribution in [-0.4, -0.2) is 34.5 Å². The minimum absolute atomic E-state index is 0.0606. The number of amides is 4. The number of rotatable bonds is 7. The summed E-state index contributed by atoms with van der Waals surface area (Å²) in [4.78, 5) is 42.7. The van der Waals surface area contributed by atoms with Crippen molar-refractivity contribution in [3.63, 3.8) is 0 Å². The van der Waals surface area contributed by atoms with Crippen LogP contribution in [0.5, 0.6) is 0 Å². The zero-order valence-electron chi connectivity index (χ0n) is 19.8. The molecule has 3 aromatic carbocycles. The Labute approximate surface area is 208 Å². The first-order valence-corrected chi connectivity index (χ1v) is 11.8. The number of barbiturate groups is 1. The molecule has 184 valence electrons. The first kappa shape index (κ1) is 23.9. The maximum absolute atomic E-state index is 13.5. The first-order chi connectivity index (χ1) is 17.4. The van der Waals surface area contributed by atoms with Gasteiger partial charge in [-0.1, -0.05) is 66.7 Å². The molecule has 36 heavy (non-hydrogen) atoms. The van der Waals surface area contributed by atoms with Crippen LogP contribution in [0.4, 0.5) is 10.5 Å². The number of urea groups is 1. The summed E-state index contributed by atoms with van der Waals surface area (Å²) in [5, 5.41) is 10.6. The molecule has 1 fully saturated rings. The molecule has 0 spiro atoms. The standard InChI is InChI=1S/C28H26N2O6/c1-2-35-28(34)24-14-13-20(15-21(24)18-36-28)16-23-25(31)29(17-19-9-5-3-6-10-19)27(33)30(26(23)32)22-11-7-4-8-12-22/h3-15,23,34H,2,16-18H2,1H3. The van der Waals surface area contributed by atoms with Crippen LogP contribution in [0.1, 0.15) is 29.2 Å². The van der Waals surface area contributed by atoms with Crippen LogP contribution in [0, 0.1) is 5.92 Å². The van der Waals surface area contributed by atoms with E-state index in [-0.39, 0.29) is 26.2 Å². The monoisotopic (exact) mass is 486 g/mol. The highest BCUT2D eigenvalue weighted by molar-refractivity contribution is 6.27. The Hall–Kier alpha value is -3.85. The van der Waals surface area contributed by atoms with Crippen molar-refractivity contribution in [1.29, 1.82) is 0 Å². The summed E-state index contributed by atoms with van der Waals surface area (Å²) in [6.07, 6.45) is 0.0971. The fourth-order valence-electron chi connectivity index (χ4n) is 4.67. The molecule has 0 bridgehead atoms. The number of benzene rings is 3. The Morgan fingerprint density at radius 2 is 1.64 bits per heavy atom. The molecule has 0 radical (unpaired) electrons. The molecule has 2 unspecified atom stereocenters. The van der Waals surface area contributed by atoms with Gasteiger partial charge in [-0.15, -0.1) is 0 Å². The molecular weight excluding hydrogens is 460 g/mol. The molecule has 2 heterocycles. The number of ether oxygens (including phenoxy) is 2. The van der Waals surface area contributed by atoms with Gasteiger partial charge < -0.3 is 14.6 Å². The van der Waals surface area contributed by atoms with Crippen molar-refractivity contribution in [2.45, 2.75) is 32.5 Å². The largest absolute Gasteiger partial charge is 0.339 e. The Balaban J connectivity index is 1.47. The van der Waals surface area contributed by atoms with Gasteiger partial charge in [0, 0.05) is 12.2 Å². The molecule has 0 saturated carbocycles. The van der Waals surface area contributed by atoms with E-state index in [0.717, 1.165) is 20.9 Å². The van der Waals surface area contributed by atoms with Crippen molar-refractivity contribution in [3.05, 3.63) is 101 Å². The van der Waals surface area contributed by atoms with Crippen LogP contribution >= 0.6 is 0 Å².